The fraction of sp³-hybridized carbons (Fsp3) is 0.280. The molecule has 1 fully saturated rings. The molecule has 1 unspecified atom stereocenters. The average molecular weight is 391 g/mol. The number of hydrogen-bond donors (Lipinski definition) is 2. The van der Waals surface area contributed by atoms with Crippen molar-refractivity contribution in [3.63, 3.8) is 0 Å². The lowest BCUT2D eigenvalue weighted by Gasteiger charge is -2.39. The first-order valence-corrected chi connectivity index (χ1v) is 10.1. The van der Waals surface area contributed by atoms with Gasteiger partial charge in [-0.1, -0.05) is 66.7 Å². The first kappa shape index (κ1) is 19.8. The molecule has 3 nitrogen and oxygen atoms in total. The molecular weight excluding hydrogens is 365 g/mol. The minimum absolute atomic E-state index is 0.295. The van der Waals surface area contributed by atoms with Gasteiger partial charge in [-0.25, -0.2) is 4.39 Å². The van der Waals surface area contributed by atoms with E-state index in [1.54, 1.807) is 12.1 Å². The van der Waals surface area contributed by atoms with Crippen molar-refractivity contribution in [2.45, 2.75) is 24.5 Å². The molecular formula is C25H26FNO2. The number of nitrogens with zero attached hydrogens (tertiary/aromatic N) is 1. The van der Waals surface area contributed by atoms with Crippen LogP contribution in [0.1, 0.15) is 30.1 Å². The Hall–Kier alpha value is -2.53. The molecule has 0 saturated carbocycles. The van der Waals surface area contributed by atoms with Crippen molar-refractivity contribution in [2.24, 2.45) is 0 Å². The number of β-amino-alcohol motifs (C(OH)–C–C–N with tert-alkyl or cyclic N) is 1. The third kappa shape index (κ3) is 4.56. The van der Waals surface area contributed by atoms with E-state index in [-0.39, 0.29) is 5.82 Å². The predicted molar refractivity (Wildman–Crippen MR) is 113 cm³/mol. The third-order valence-corrected chi connectivity index (χ3v) is 5.90. The molecule has 150 valence electrons. The lowest BCUT2D eigenvalue weighted by molar-refractivity contribution is -0.0345. The zero-order valence-electron chi connectivity index (χ0n) is 16.3. The van der Waals surface area contributed by atoms with Gasteiger partial charge in [0.1, 0.15) is 5.82 Å². The Bertz CT molecular complexity index is 917. The highest BCUT2D eigenvalue weighted by Crippen LogP contribution is 2.33. The second kappa shape index (κ2) is 8.46. The fourth-order valence-electron chi connectivity index (χ4n) is 4.03. The zero-order chi connectivity index (χ0) is 20.3. The minimum Gasteiger partial charge on any atom is -0.387 e. The molecule has 0 amide bonds. The number of benzene rings is 3. The van der Waals surface area contributed by atoms with Gasteiger partial charge < -0.3 is 15.1 Å². The number of halogens is 1. The molecule has 0 aliphatic carbocycles. The van der Waals surface area contributed by atoms with Crippen molar-refractivity contribution in [1.29, 1.82) is 0 Å². The molecule has 1 saturated heterocycles. The van der Waals surface area contributed by atoms with Crippen molar-refractivity contribution >= 4 is 0 Å². The average Bonchev–Trinajstić information content (AvgIpc) is 2.76. The van der Waals surface area contributed by atoms with Crippen LogP contribution in [-0.4, -0.2) is 34.7 Å². The van der Waals surface area contributed by atoms with Gasteiger partial charge in [0.2, 0.25) is 0 Å². The molecule has 0 spiro atoms. The molecule has 2 N–H and O–H groups in total. The quantitative estimate of drug-likeness (QED) is 0.673. The normalized spacial score (nSPS) is 17.8. The van der Waals surface area contributed by atoms with Crippen LogP contribution in [0.5, 0.6) is 0 Å². The number of aliphatic hydroxyl groups is 2. The number of rotatable bonds is 5. The van der Waals surface area contributed by atoms with E-state index < -0.39 is 11.7 Å². The summed E-state index contributed by atoms with van der Waals surface area (Å²) < 4.78 is 13.1. The fourth-order valence-corrected chi connectivity index (χ4v) is 4.03. The highest BCUT2D eigenvalue weighted by molar-refractivity contribution is 5.63. The van der Waals surface area contributed by atoms with Gasteiger partial charge in [-0.3, -0.25) is 0 Å². The summed E-state index contributed by atoms with van der Waals surface area (Å²) in [6.07, 6.45) is 0.563. The van der Waals surface area contributed by atoms with Crippen LogP contribution >= 0.6 is 0 Å². The first-order chi connectivity index (χ1) is 14.0. The molecule has 3 aromatic rings. The molecule has 3 aromatic carbocycles. The third-order valence-electron chi connectivity index (χ3n) is 5.90. The molecule has 29 heavy (non-hydrogen) atoms. The van der Waals surface area contributed by atoms with Crippen molar-refractivity contribution in [3.05, 3.63) is 95.8 Å². The van der Waals surface area contributed by atoms with Gasteiger partial charge in [0.05, 0.1) is 11.7 Å². The van der Waals surface area contributed by atoms with Crippen LogP contribution in [0.15, 0.2) is 78.9 Å². The van der Waals surface area contributed by atoms with E-state index in [0.29, 0.717) is 32.5 Å². The van der Waals surface area contributed by atoms with Gasteiger partial charge in [0, 0.05) is 19.6 Å². The van der Waals surface area contributed by atoms with E-state index in [4.69, 9.17) is 0 Å². The van der Waals surface area contributed by atoms with Gasteiger partial charge in [-0.05, 0) is 47.2 Å². The SMILES string of the molecule is OC(CN1CCC(O)(c2ccc(F)cc2)CC1)c1ccc(-c2ccccc2)cc1. The van der Waals surface area contributed by atoms with E-state index in [0.717, 1.165) is 22.3 Å². The second-order valence-corrected chi connectivity index (χ2v) is 7.84. The Kier molecular flexibility index (Phi) is 5.76. The van der Waals surface area contributed by atoms with E-state index in [1.165, 1.54) is 12.1 Å². The summed E-state index contributed by atoms with van der Waals surface area (Å²) in [4.78, 5) is 2.17. The van der Waals surface area contributed by atoms with Crippen LogP contribution in [0, 0.1) is 5.82 Å². The van der Waals surface area contributed by atoms with Gasteiger partial charge in [0.25, 0.3) is 0 Å². The topological polar surface area (TPSA) is 43.7 Å². The van der Waals surface area contributed by atoms with E-state index in [2.05, 4.69) is 17.0 Å². The number of aliphatic hydroxyl groups excluding tert-OH is 1. The standard InChI is InChI=1S/C25H26FNO2/c26-23-12-10-22(11-13-23)25(29)14-16-27(17-15-25)18-24(28)21-8-6-20(7-9-21)19-4-2-1-3-5-19/h1-13,24,28-29H,14-18H2. The van der Waals surface area contributed by atoms with Crippen LogP contribution in [0.25, 0.3) is 11.1 Å². The van der Waals surface area contributed by atoms with Crippen LogP contribution in [0.4, 0.5) is 4.39 Å². The van der Waals surface area contributed by atoms with Gasteiger partial charge in [-0.15, -0.1) is 0 Å². The Balaban J connectivity index is 1.35. The van der Waals surface area contributed by atoms with Crippen LogP contribution in [-0.2, 0) is 5.60 Å². The van der Waals surface area contributed by atoms with Crippen LogP contribution in [0.3, 0.4) is 0 Å². The van der Waals surface area contributed by atoms with Gasteiger partial charge in [0.15, 0.2) is 0 Å². The highest BCUT2D eigenvalue weighted by atomic mass is 19.1. The van der Waals surface area contributed by atoms with Crippen molar-refractivity contribution in [2.75, 3.05) is 19.6 Å². The molecule has 1 aliphatic heterocycles. The smallest absolute Gasteiger partial charge is 0.123 e. The molecule has 0 radical (unpaired) electrons. The van der Waals surface area contributed by atoms with Gasteiger partial charge in [-0.2, -0.15) is 0 Å². The Morgan fingerprint density at radius 1 is 0.828 bits per heavy atom. The number of piperidine rings is 1. The maximum atomic E-state index is 13.1. The first-order valence-electron chi connectivity index (χ1n) is 10.1. The largest absolute Gasteiger partial charge is 0.387 e. The summed E-state index contributed by atoms with van der Waals surface area (Å²) in [5, 5.41) is 21.6. The molecule has 1 atom stereocenters. The maximum absolute atomic E-state index is 13.1. The van der Waals surface area contributed by atoms with E-state index >= 15 is 0 Å². The molecule has 0 bridgehead atoms. The maximum Gasteiger partial charge on any atom is 0.123 e. The number of hydrogen-bond acceptors (Lipinski definition) is 3. The van der Waals surface area contributed by atoms with Crippen molar-refractivity contribution in [1.82, 2.24) is 4.90 Å². The lowest BCUT2D eigenvalue weighted by atomic mass is 9.84. The zero-order valence-corrected chi connectivity index (χ0v) is 16.3. The van der Waals surface area contributed by atoms with E-state index in [9.17, 15) is 14.6 Å². The highest BCUT2D eigenvalue weighted by Gasteiger charge is 2.34. The summed E-state index contributed by atoms with van der Waals surface area (Å²) in [6.45, 7) is 1.91. The predicted octanol–water partition coefficient (Wildman–Crippen LogP) is 4.51. The van der Waals surface area contributed by atoms with Crippen LogP contribution in [0.2, 0.25) is 0 Å². The molecule has 0 aromatic heterocycles. The van der Waals surface area contributed by atoms with E-state index in [1.807, 2.05) is 42.5 Å². The summed E-state index contributed by atoms with van der Waals surface area (Å²) in [7, 11) is 0. The Morgan fingerprint density at radius 2 is 1.41 bits per heavy atom. The Morgan fingerprint density at radius 3 is 2.03 bits per heavy atom. The molecule has 4 heteroatoms. The molecule has 4 rings (SSSR count). The Labute approximate surface area is 171 Å². The summed E-state index contributed by atoms with van der Waals surface area (Å²) >= 11 is 0. The monoisotopic (exact) mass is 391 g/mol. The van der Waals surface area contributed by atoms with Crippen molar-refractivity contribution < 1.29 is 14.6 Å². The number of likely N-dealkylation sites (tertiary alicyclic amines) is 1. The summed E-state index contributed by atoms with van der Waals surface area (Å²) in [5.41, 5.74) is 3.01. The van der Waals surface area contributed by atoms with Crippen molar-refractivity contribution in [3.8, 4) is 11.1 Å². The summed E-state index contributed by atoms with van der Waals surface area (Å²) in [5.74, 6) is -0.295. The molecule has 1 aliphatic rings. The molecule has 1 heterocycles. The van der Waals surface area contributed by atoms with Gasteiger partial charge >= 0.3 is 0 Å². The van der Waals surface area contributed by atoms with Crippen LogP contribution < -0.4 is 0 Å². The summed E-state index contributed by atoms with van der Waals surface area (Å²) in [6, 6.07) is 24.3. The minimum atomic E-state index is -0.924. The lowest BCUT2D eigenvalue weighted by Crippen LogP contribution is -2.43. The second-order valence-electron chi connectivity index (χ2n) is 7.84.